The molecule has 5 rings (SSSR count). The van der Waals surface area contributed by atoms with E-state index in [4.69, 9.17) is 16.3 Å². The summed E-state index contributed by atoms with van der Waals surface area (Å²) in [6.07, 6.45) is 4.11. The molecule has 0 spiro atoms. The summed E-state index contributed by atoms with van der Waals surface area (Å²) in [7, 11) is -3.62. The van der Waals surface area contributed by atoms with Crippen LogP contribution >= 0.6 is 11.6 Å². The highest BCUT2D eigenvalue weighted by Crippen LogP contribution is 2.34. The molecule has 0 unspecified atom stereocenters. The highest BCUT2D eigenvalue weighted by atomic mass is 35.5. The van der Waals surface area contributed by atoms with E-state index in [-0.39, 0.29) is 0 Å². The van der Waals surface area contributed by atoms with Crippen molar-refractivity contribution in [3.05, 3.63) is 70.5 Å². The molecule has 0 atom stereocenters. The van der Waals surface area contributed by atoms with Gasteiger partial charge < -0.3 is 14.2 Å². The molecule has 2 aliphatic rings. The molecule has 2 aliphatic heterocycles. The third kappa shape index (κ3) is 4.95. The summed E-state index contributed by atoms with van der Waals surface area (Å²) in [5.74, 6) is 0. The number of aliphatic imine (C=N–C) groups is 1. The highest BCUT2D eigenvalue weighted by Gasteiger charge is 2.28. The number of hydrogen-bond donors (Lipinski definition) is 0. The minimum atomic E-state index is -3.62. The van der Waals surface area contributed by atoms with Gasteiger partial charge in [0.05, 0.1) is 35.2 Å². The predicted molar refractivity (Wildman–Crippen MR) is 145 cm³/mol. The van der Waals surface area contributed by atoms with Crippen LogP contribution in [0.5, 0.6) is 0 Å². The van der Waals surface area contributed by atoms with Gasteiger partial charge in [0.25, 0.3) is 0 Å². The molecule has 3 aromatic rings. The first-order chi connectivity index (χ1) is 17.3. The quantitative estimate of drug-likeness (QED) is 0.418. The zero-order chi connectivity index (χ0) is 25.3. The lowest BCUT2D eigenvalue weighted by molar-refractivity contribution is 0.0730. The Kier molecular flexibility index (Phi) is 7.21. The number of benzene rings is 2. The normalized spacial score (nSPS) is 17.4. The highest BCUT2D eigenvalue weighted by molar-refractivity contribution is 7.89. The number of anilines is 1. The zero-order valence-electron chi connectivity index (χ0n) is 20.7. The van der Waals surface area contributed by atoms with E-state index in [9.17, 15) is 8.42 Å². The molecule has 0 radical (unpaired) electrons. The van der Waals surface area contributed by atoms with Crippen molar-refractivity contribution in [3.8, 4) is 5.69 Å². The first kappa shape index (κ1) is 25.0. The van der Waals surface area contributed by atoms with Gasteiger partial charge in [-0.1, -0.05) is 17.7 Å². The van der Waals surface area contributed by atoms with Crippen LogP contribution in [0, 0.1) is 13.8 Å². The number of nitrogens with zero attached hydrogens (tertiary/aromatic N) is 4. The second-order valence-electron chi connectivity index (χ2n) is 9.26. The smallest absolute Gasteiger partial charge is 0.243 e. The zero-order valence-corrected chi connectivity index (χ0v) is 22.2. The van der Waals surface area contributed by atoms with Gasteiger partial charge in [-0.05, 0) is 69.2 Å². The molecule has 0 saturated carbocycles. The van der Waals surface area contributed by atoms with Gasteiger partial charge in [-0.25, -0.2) is 8.42 Å². The van der Waals surface area contributed by atoms with E-state index < -0.39 is 10.0 Å². The molecule has 0 amide bonds. The molecule has 1 aromatic heterocycles. The third-order valence-electron chi connectivity index (χ3n) is 6.87. The molecule has 2 aromatic carbocycles. The van der Waals surface area contributed by atoms with Gasteiger partial charge in [0.2, 0.25) is 10.0 Å². The van der Waals surface area contributed by atoms with Gasteiger partial charge >= 0.3 is 0 Å². The first-order valence-electron chi connectivity index (χ1n) is 12.3. The third-order valence-corrected chi connectivity index (χ3v) is 9.00. The predicted octanol–water partition coefficient (Wildman–Crippen LogP) is 5.12. The molecule has 190 valence electrons. The van der Waals surface area contributed by atoms with Gasteiger partial charge in [0, 0.05) is 54.4 Å². The van der Waals surface area contributed by atoms with Crippen molar-refractivity contribution in [2.45, 2.75) is 31.6 Å². The first-order valence-corrected chi connectivity index (χ1v) is 14.1. The summed E-state index contributed by atoms with van der Waals surface area (Å²) >= 11 is 6.11. The van der Waals surface area contributed by atoms with Crippen LogP contribution in [0.2, 0.25) is 5.02 Å². The standard InChI is InChI=1S/C27H31ClN4O3S/c1-20-16-22(19-29-24-7-5-6-23(28)17-24)21(2)32(20)27-18-25(8-9-26(27)30-10-3-4-11-30)36(33,34)31-12-14-35-15-13-31/h5-9,16-19H,3-4,10-15H2,1-2H3. The number of hydrogen-bond acceptors (Lipinski definition) is 5. The van der Waals surface area contributed by atoms with Crippen molar-refractivity contribution in [1.82, 2.24) is 8.87 Å². The number of sulfonamides is 1. The summed E-state index contributed by atoms with van der Waals surface area (Å²) in [4.78, 5) is 7.27. The van der Waals surface area contributed by atoms with Gasteiger partial charge in [-0.3, -0.25) is 4.99 Å². The monoisotopic (exact) mass is 526 g/mol. The molecule has 2 saturated heterocycles. The average molecular weight is 527 g/mol. The van der Waals surface area contributed by atoms with Crippen LogP contribution < -0.4 is 4.90 Å². The maximum absolute atomic E-state index is 13.5. The Labute approximate surface area is 218 Å². The van der Waals surface area contributed by atoms with Crippen molar-refractivity contribution in [3.63, 3.8) is 0 Å². The molecule has 0 N–H and O–H groups in total. The molecule has 0 aliphatic carbocycles. The number of ether oxygens (including phenoxy) is 1. The lowest BCUT2D eigenvalue weighted by atomic mass is 10.2. The Morgan fingerprint density at radius 2 is 1.69 bits per heavy atom. The molecule has 2 fully saturated rings. The largest absolute Gasteiger partial charge is 0.379 e. The van der Waals surface area contributed by atoms with Crippen LogP contribution in [0.1, 0.15) is 29.8 Å². The molecule has 0 bridgehead atoms. The summed E-state index contributed by atoms with van der Waals surface area (Å²) in [5, 5.41) is 0.642. The van der Waals surface area contributed by atoms with E-state index in [0.717, 1.165) is 59.9 Å². The van der Waals surface area contributed by atoms with Crippen LogP contribution in [-0.4, -0.2) is 62.9 Å². The summed E-state index contributed by atoms with van der Waals surface area (Å²) in [6.45, 7) is 7.60. The number of aromatic nitrogens is 1. The maximum Gasteiger partial charge on any atom is 0.243 e. The van der Waals surface area contributed by atoms with E-state index in [2.05, 4.69) is 20.5 Å². The Balaban J connectivity index is 1.58. The number of rotatable bonds is 6. The van der Waals surface area contributed by atoms with Gasteiger partial charge in [0.15, 0.2) is 0 Å². The molecular formula is C27H31ClN4O3S. The second kappa shape index (κ2) is 10.4. The molecule has 7 nitrogen and oxygen atoms in total. The maximum atomic E-state index is 13.5. The van der Waals surface area contributed by atoms with Gasteiger partial charge in [-0.15, -0.1) is 0 Å². The second-order valence-corrected chi connectivity index (χ2v) is 11.6. The molecule has 3 heterocycles. The van der Waals surface area contributed by atoms with E-state index >= 15 is 0 Å². The fourth-order valence-electron chi connectivity index (χ4n) is 4.99. The fraction of sp³-hybridized carbons (Fsp3) is 0.370. The van der Waals surface area contributed by atoms with Crippen molar-refractivity contribution < 1.29 is 13.2 Å². The Bertz CT molecular complexity index is 1390. The fourth-order valence-corrected chi connectivity index (χ4v) is 6.61. The van der Waals surface area contributed by atoms with Crippen molar-refractivity contribution in [2.75, 3.05) is 44.3 Å². The van der Waals surface area contributed by atoms with E-state index in [1.54, 1.807) is 6.07 Å². The topological polar surface area (TPSA) is 67.1 Å². The van der Waals surface area contributed by atoms with Gasteiger partial charge in [0.1, 0.15) is 0 Å². The van der Waals surface area contributed by atoms with E-state index in [1.807, 2.05) is 56.5 Å². The van der Waals surface area contributed by atoms with Crippen LogP contribution in [0.15, 0.2) is 58.4 Å². The summed E-state index contributed by atoms with van der Waals surface area (Å²) in [5.41, 5.74) is 5.70. The molecular weight excluding hydrogens is 496 g/mol. The molecule has 9 heteroatoms. The lowest BCUT2D eigenvalue weighted by Gasteiger charge is -2.28. The SMILES string of the molecule is Cc1cc(C=Nc2cccc(Cl)c2)c(C)n1-c1cc(S(=O)(=O)N2CCOCC2)ccc1N1CCCC1. The number of aryl methyl sites for hydroxylation is 1. The van der Waals surface area contributed by atoms with Crippen molar-refractivity contribution in [1.29, 1.82) is 0 Å². The minimum Gasteiger partial charge on any atom is -0.379 e. The lowest BCUT2D eigenvalue weighted by Crippen LogP contribution is -2.40. The van der Waals surface area contributed by atoms with Crippen LogP contribution in [0.3, 0.4) is 0 Å². The van der Waals surface area contributed by atoms with E-state index in [0.29, 0.717) is 36.2 Å². The number of morpholine rings is 1. The summed E-state index contributed by atoms with van der Waals surface area (Å²) < 4.78 is 36.0. The Morgan fingerprint density at radius 3 is 2.42 bits per heavy atom. The van der Waals surface area contributed by atoms with Crippen LogP contribution in [0.4, 0.5) is 11.4 Å². The van der Waals surface area contributed by atoms with Crippen molar-refractivity contribution in [2.24, 2.45) is 4.99 Å². The minimum absolute atomic E-state index is 0.309. The van der Waals surface area contributed by atoms with Crippen LogP contribution in [0.25, 0.3) is 5.69 Å². The summed E-state index contributed by atoms with van der Waals surface area (Å²) in [6, 6.07) is 15.1. The van der Waals surface area contributed by atoms with E-state index in [1.165, 1.54) is 4.31 Å². The van der Waals surface area contributed by atoms with Gasteiger partial charge in [-0.2, -0.15) is 4.31 Å². The van der Waals surface area contributed by atoms with Crippen molar-refractivity contribution >= 4 is 39.2 Å². The average Bonchev–Trinajstić information content (AvgIpc) is 3.51. The Morgan fingerprint density at radius 1 is 0.944 bits per heavy atom. The Hall–Kier alpha value is -2.65. The van der Waals surface area contributed by atoms with Crippen LogP contribution in [-0.2, 0) is 14.8 Å². The number of halogens is 1. The molecule has 36 heavy (non-hydrogen) atoms.